The summed E-state index contributed by atoms with van der Waals surface area (Å²) >= 11 is 0. The minimum atomic E-state index is -0.612. The lowest BCUT2D eigenvalue weighted by molar-refractivity contribution is 0.107. The molecule has 6 aromatic heterocycles. The molecule has 69 heavy (non-hydrogen) atoms. The van der Waals surface area contributed by atoms with E-state index in [0.717, 1.165) is 40.2 Å². The van der Waals surface area contributed by atoms with Gasteiger partial charge >= 0.3 is 0 Å². The van der Waals surface area contributed by atoms with Gasteiger partial charge in [-0.2, -0.15) is 15.8 Å². The fourth-order valence-corrected chi connectivity index (χ4v) is 7.40. The first-order chi connectivity index (χ1) is 33.6. The molecule has 0 aliphatic heterocycles. The number of hydrogen-bond donors (Lipinski definition) is 0. The van der Waals surface area contributed by atoms with Crippen molar-refractivity contribution in [3.05, 3.63) is 191 Å². The van der Waals surface area contributed by atoms with Crippen LogP contribution in [-0.4, -0.2) is 44.9 Å². The quantitative estimate of drug-likeness (QED) is 0.106. The zero-order valence-corrected chi connectivity index (χ0v) is 36.8. The van der Waals surface area contributed by atoms with Gasteiger partial charge in [-0.3, -0.25) is 15.0 Å². The lowest BCUT2D eigenvalue weighted by atomic mass is 10.0. The first-order valence-electron chi connectivity index (χ1n) is 21.1. The smallest absolute Gasteiger partial charge is 0.148 e. The molecule has 6 heterocycles. The zero-order valence-electron chi connectivity index (χ0n) is 36.8. The van der Waals surface area contributed by atoms with Crippen molar-refractivity contribution in [3.63, 3.8) is 0 Å². The van der Waals surface area contributed by atoms with Gasteiger partial charge in [0.05, 0.1) is 112 Å². The molecule has 14 nitrogen and oxygen atoms in total. The number of benzene rings is 3. The minimum Gasteiger partial charge on any atom is -0.489 e. The third-order valence-electron chi connectivity index (χ3n) is 10.8. The molecule has 9 rings (SSSR count). The Morgan fingerprint density at radius 3 is 1.59 bits per heavy atom. The van der Waals surface area contributed by atoms with Gasteiger partial charge in [0, 0.05) is 28.5 Å². The van der Waals surface area contributed by atoms with Crippen LogP contribution in [0.15, 0.2) is 135 Å². The van der Waals surface area contributed by atoms with Gasteiger partial charge in [0.1, 0.15) is 43.0 Å². The molecule has 0 saturated heterocycles. The predicted molar refractivity (Wildman–Crippen MR) is 248 cm³/mol. The topological polar surface area (TPSA) is 206 Å². The van der Waals surface area contributed by atoms with Gasteiger partial charge in [0.15, 0.2) is 0 Å². The van der Waals surface area contributed by atoms with Gasteiger partial charge < -0.3 is 9.47 Å². The van der Waals surface area contributed by atoms with E-state index in [0.29, 0.717) is 73.5 Å². The average molecular weight is 909 g/mol. The maximum atomic E-state index is 15.3. The normalized spacial score (nSPS) is 10.8. The molecule has 0 N–H and O–H groups in total. The van der Waals surface area contributed by atoms with Crippen molar-refractivity contribution in [1.29, 1.82) is 15.8 Å². The van der Waals surface area contributed by atoms with E-state index in [2.05, 4.69) is 63.1 Å². The second-order valence-corrected chi connectivity index (χ2v) is 15.8. The van der Waals surface area contributed by atoms with E-state index in [1.54, 1.807) is 48.7 Å². The highest BCUT2D eigenvalue weighted by molar-refractivity contribution is 5.71. The fraction of sp³-hybridized carbons (Fsp3) is 0.0943. The summed E-state index contributed by atoms with van der Waals surface area (Å²) in [6, 6.07) is 33.7. The highest BCUT2D eigenvalue weighted by Gasteiger charge is 2.15. The summed E-state index contributed by atoms with van der Waals surface area (Å²) in [5, 5.41) is 29.3. The lowest BCUT2D eigenvalue weighted by Gasteiger charge is -2.12. The Balaban J connectivity index is 0.895. The Morgan fingerprint density at radius 1 is 0.449 bits per heavy atom. The molecule has 3 aromatic carbocycles. The maximum absolute atomic E-state index is 15.3. The summed E-state index contributed by atoms with van der Waals surface area (Å²) in [7, 11) is 0. The molecular formula is C53H34F2N12O2. The summed E-state index contributed by atoms with van der Waals surface area (Å²) in [6.45, 7) is 4.09. The lowest BCUT2D eigenvalue weighted by Crippen LogP contribution is -2.02. The third kappa shape index (κ3) is 10.5. The highest BCUT2D eigenvalue weighted by atomic mass is 19.1. The monoisotopic (exact) mass is 908 g/mol. The Bertz CT molecular complexity index is 3550. The molecule has 0 aliphatic carbocycles. The number of aromatic nitrogens is 9. The van der Waals surface area contributed by atoms with Crippen LogP contribution in [0.5, 0.6) is 5.75 Å². The number of ether oxygens (including phenoxy) is 2. The Labute approximate surface area is 394 Å². The van der Waals surface area contributed by atoms with Crippen LogP contribution in [0.2, 0.25) is 0 Å². The van der Waals surface area contributed by atoms with Crippen LogP contribution in [0, 0.1) is 59.5 Å². The summed E-state index contributed by atoms with van der Waals surface area (Å²) < 4.78 is 41.0. The number of aryl methyl sites for hydroxylation is 2. The van der Waals surface area contributed by atoms with Crippen molar-refractivity contribution in [2.75, 3.05) is 0 Å². The summed E-state index contributed by atoms with van der Waals surface area (Å²) in [6.07, 6.45) is 8.14. The van der Waals surface area contributed by atoms with E-state index in [-0.39, 0.29) is 36.7 Å². The zero-order chi connectivity index (χ0) is 47.9. The molecule has 0 aliphatic rings. The molecule has 0 saturated carbocycles. The molecule has 0 bridgehead atoms. The van der Waals surface area contributed by atoms with Crippen molar-refractivity contribution in [1.82, 2.24) is 44.9 Å². The molecule has 0 radical (unpaired) electrons. The largest absolute Gasteiger partial charge is 0.489 e. The van der Waals surface area contributed by atoms with Gasteiger partial charge in [0.25, 0.3) is 0 Å². The Kier molecular flexibility index (Phi) is 12.9. The third-order valence-corrected chi connectivity index (χ3v) is 10.8. The highest BCUT2D eigenvalue weighted by Crippen LogP contribution is 2.30. The van der Waals surface area contributed by atoms with Crippen molar-refractivity contribution in [3.8, 4) is 91.9 Å². The van der Waals surface area contributed by atoms with Crippen LogP contribution < -0.4 is 4.74 Å². The number of nitriles is 3. The van der Waals surface area contributed by atoms with Crippen LogP contribution in [0.4, 0.5) is 8.78 Å². The first kappa shape index (κ1) is 44.6. The average Bonchev–Trinajstić information content (AvgIpc) is 3.38. The van der Waals surface area contributed by atoms with E-state index in [1.165, 1.54) is 43.2 Å². The van der Waals surface area contributed by atoms with Crippen molar-refractivity contribution < 1.29 is 18.3 Å². The van der Waals surface area contributed by atoms with Gasteiger partial charge in [-0.15, -0.1) is 0 Å². The maximum Gasteiger partial charge on any atom is 0.148 e. The number of hydrogen-bond acceptors (Lipinski definition) is 14. The molecule has 9 aromatic rings. The van der Waals surface area contributed by atoms with Gasteiger partial charge in [0.2, 0.25) is 0 Å². The Morgan fingerprint density at radius 2 is 0.971 bits per heavy atom. The van der Waals surface area contributed by atoms with Gasteiger partial charge in [-0.05, 0) is 133 Å². The molecule has 16 heteroatoms. The number of nitrogens with zero attached hydrogens (tertiary/aromatic N) is 12. The van der Waals surface area contributed by atoms with E-state index >= 15 is 4.39 Å². The van der Waals surface area contributed by atoms with Crippen LogP contribution in [-0.2, 0) is 24.6 Å². The Hall–Kier alpha value is -9.56. The minimum absolute atomic E-state index is 0.178. The number of pyridine rings is 3. The van der Waals surface area contributed by atoms with Crippen LogP contribution >= 0.6 is 0 Å². The van der Waals surface area contributed by atoms with E-state index in [9.17, 15) is 20.2 Å². The molecule has 0 fully saturated rings. The van der Waals surface area contributed by atoms with E-state index < -0.39 is 11.6 Å². The van der Waals surface area contributed by atoms with Gasteiger partial charge in [-0.1, -0.05) is 0 Å². The van der Waals surface area contributed by atoms with Crippen LogP contribution in [0.25, 0.3) is 67.9 Å². The number of rotatable bonds is 13. The van der Waals surface area contributed by atoms with Crippen molar-refractivity contribution in [2.45, 2.75) is 33.7 Å². The summed E-state index contributed by atoms with van der Waals surface area (Å²) in [5.41, 5.74) is 11.4. The molecule has 332 valence electrons. The molecular weight excluding hydrogens is 875 g/mol. The standard InChI is InChI=1S/C53H34F2N12O2/c1-31-5-33(19-56)8-37(6-31)46-17-52(66-29-62-46)49-14-40(32(2)22-59-49)26-68-25-36-7-34(20-57)9-38(11-36)47-18-53(67-30-63-47)50-15-41(44(55)24-61-50)27-69-43-12-35(21-58)10-39(13-43)48-16-51(65-28-64-48)45-4-3-42(54)23-60-45/h3-18,22-24,28-30H,25-27H2,1-2H3. The molecule has 0 unspecified atom stereocenters. The summed E-state index contributed by atoms with van der Waals surface area (Å²) in [4.78, 5) is 39.4. The molecule has 0 amide bonds. The van der Waals surface area contributed by atoms with E-state index in [1.807, 2.05) is 44.2 Å². The van der Waals surface area contributed by atoms with Gasteiger partial charge in [-0.25, -0.2) is 38.7 Å². The second kappa shape index (κ2) is 19.9. The van der Waals surface area contributed by atoms with Crippen LogP contribution in [0.1, 0.15) is 44.5 Å². The summed E-state index contributed by atoms with van der Waals surface area (Å²) in [5.74, 6) is -0.803. The molecule has 0 atom stereocenters. The van der Waals surface area contributed by atoms with E-state index in [4.69, 9.17) is 9.47 Å². The molecule has 0 spiro atoms. The fourth-order valence-electron chi connectivity index (χ4n) is 7.40. The van der Waals surface area contributed by atoms with Crippen molar-refractivity contribution >= 4 is 0 Å². The van der Waals surface area contributed by atoms with Crippen molar-refractivity contribution in [2.24, 2.45) is 0 Å². The predicted octanol–water partition coefficient (Wildman–Crippen LogP) is 10.0. The second-order valence-electron chi connectivity index (χ2n) is 15.8. The van der Waals surface area contributed by atoms with Crippen LogP contribution in [0.3, 0.4) is 0 Å². The first-order valence-corrected chi connectivity index (χ1v) is 21.1. The number of halogens is 2. The SMILES string of the molecule is Cc1cc(C#N)cc(-c2cc(-c3cc(COCc4cc(C#N)cc(-c5cc(-c6cc(COc7cc(C#N)cc(-c8cc(-c9ccc(F)cn9)ncn8)c7)c(F)cn6)ncn5)c4)c(C)cn3)ncn2)c1.